The predicted octanol–water partition coefficient (Wildman–Crippen LogP) is 1.94. The second-order valence-corrected chi connectivity index (χ2v) is 5.51. The molecule has 0 fully saturated rings. The first-order valence-corrected chi connectivity index (χ1v) is 7.52. The van der Waals surface area contributed by atoms with Crippen molar-refractivity contribution in [2.45, 2.75) is 12.5 Å². The van der Waals surface area contributed by atoms with Gasteiger partial charge < -0.3 is 15.5 Å². The van der Waals surface area contributed by atoms with Crippen LogP contribution in [-0.4, -0.2) is 30.7 Å². The number of carbonyl (C=O) groups excluding carboxylic acids is 2. The van der Waals surface area contributed by atoms with Crippen LogP contribution in [0.5, 0.6) is 0 Å². The Balaban J connectivity index is 1.68. The van der Waals surface area contributed by atoms with Gasteiger partial charge in [-0.25, -0.2) is 0 Å². The average molecular weight is 323 g/mol. The minimum Gasteiger partial charge on any atom is -0.382 e. The van der Waals surface area contributed by atoms with Gasteiger partial charge in [-0.3, -0.25) is 9.59 Å². The molecule has 0 saturated heterocycles. The van der Waals surface area contributed by atoms with E-state index in [1.807, 2.05) is 30.3 Å². The quantitative estimate of drug-likeness (QED) is 0.933. The molecule has 6 heteroatoms. The molecule has 1 aliphatic heterocycles. The molecule has 0 saturated carbocycles. The Morgan fingerprint density at radius 3 is 2.42 bits per heavy atom. The van der Waals surface area contributed by atoms with E-state index < -0.39 is 12.0 Å². The lowest BCUT2D eigenvalue weighted by Gasteiger charge is -2.20. The summed E-state index contributed by atoms with van der Waals surface area (Å²) >= 11 is 0. The summed E-state index contributed by atoms with van der Waals surface area (Å²) < 4.78 is 0. The van der Waals surface area contributed by atoms with Crippen molar-refractivity contribution in [3.63, 3.8) is 0 Å². The van der Waals surface area contributed by atoms with Crippen LogP contribution in [0.3, 0.4) is 0 Å². The van der Waals surface area contributed by atoms with E-state index in [4.69, 9.17) is 10.6 Å². The summed E-state index contributed by atoms with van der Waals surface area (Å²) in [4.78, 5) is 30.5. The normalized spacial score (nSPS) is 16.2. The van der Waals surface area contributed by atoms with E-state index in [1.165, 1.54) is 4.90 Å². The number of oxime groups is 1. The third-order valence-electron chi connectivity index (χ3n) is 3.92. The number of hydrogen-bond donors (Lipinski definition) is 1. The van der Waals surface area contributed by atoms with Crippen molar-refractivity contribution in [3.8, 4) is 0 Å². The van der Waals surface area contributed by atoms with Crippen LogP contribution in [-0.2, 0) is 9.63 Å². The van der Waals surface area contributed by atoms with Crippen LogP contribution in [0.1, 0.15) is 22.3 Å². The van der Waals surface area contributed by atoms with Crippen molar-refractivity contribution in [2.75, 3.05) is 11.9 Å². The number of rotatable bonds is 4. The van der Waals surface area contributed by atoms with E-state index in [0.29, 0.717) is 17.7 Å². The van der Waals surface area contributed by atoms with Gasteiger partial charge in [0.05, 0.1) is 5.71 Å². The molecule has 3 rings (SSSR count). The maximum Gasteiger partial charge on any atom is 0.271 e. The zero-order chi connectivity index (χ0) is 17.1. The Kier molecular flexibility index (Phi) is 4.29. The smallest absolute Gasteiger partial charge is 0.271 e. The number of primary amides is 1. The molecule has 6 nitrogen and oxygen atoms in total. The van der Waals surface area contributed by atoms with Crippen LogP contribution in [0.2, 0.25) is 0 Å². The number of likely N-dealkylation sites (N-methyl/N-ethyl adjacent to an activating group) is 1. The van der Waals surface area contributed by atoms with Crippen LogP contribution in [0, 0.1) is 0 Å². The summed E-state index contributed by atoms with van der Waals surface area (Å²) in [5.74, 6) is -0.702. The minimum atomic E-state index is -0.652. The van der Waals surface area contributed by atoms with Crippen LogP contribution in [0.15, 0.2) is 59.8 Å². The fourth-order valence-corrected chi connectivity index (χ4v) is 2.50. The second kappa shape index (κ2) is 6.54. The van der Waals surface area contributed by atoms with Gasteiger partial charge in [-0.15, -0.1) is 0 Å². The van der Waals surface area contributed by atoms with Crippen molar-refractivity contribution in [2.24, 2.45) is 10.9 Å². The monoisotopic (exact) mass is 323 g/mol. The summed E-state index contributed by atoms with van der Waals surface area (Å²) in [7, 11) is 1.66. The largest absolute Gasteiger partial charge is 0.382 e. The summed E-state index contributed by atoms with van der Waals surface area (Å²) in [6.07, 6.45) is -0.229. The Morgan fingerprint density at radius 1 is 1.12 bits per heavy atom. The van der Waals surface area contributed by atoms with Crippen LogP contribution in [0.4, 0.5) is 5.69 Å². The number of hydrogen-bond acceptors (Lipinski definition) is 4. The maximum absolute atomic E-state index is 12.6. The molecule has 122 valence electrons. The van der Waals surface area contributed by atoms with E-state index in [1.54, 1.807) is 31.3 Å². The first kappa shape index (κ1) is 15.7. The van der Waals surface area contributed by atoms with Crippen molar-refractivity contribution < 1.29 is 14.4 Å². The molecule has 2 aromatic rings. The molecule has 24 heavy (non-hydrogen) atoms. The summed E-state index contributed by atoms with van der Waals surface area (Å²) in [5, 5.41) is 4.03. The Labute approximate surface area is 139 Å². The Bertz CT molecular complexity index is 785. The van der Waals surface area contributed by atoms with E-state index in [9.17, 15) is 9.59 Å². The molecule has 1 aliphatic rings. The molecule has 0 radical (unpaired) electrons. The molecule has 2 amide bonds. The molecule has 2 N–H and O–H groups in total. The van der Waals surface area contributed by atoms with Gasteiger partial charge in [-0.05, 0) is 29.8 Å². The zero-order valence-corrected chi connectivity index (χ0v) is 13.2. The predicted molar refractivity (Wildman–Crippen MR) is 90.8 cm³/mol. The lowest BCUT2D eigenvalue weighted by molar-refractivity contribution is -0.128. The molecule has 1 heterocycles. The highest BCUT2D eigenvalue weighted by molar-refractivity contribution is 6.06. The standard InChI is InChI=1S/C18H17N3O3/c1-21(14-9-7-13(8-10-14)17(19)22)18(23)16-11-15(20-24-16)12-5-3-2-4-6-12/h2-10,16H,11H2,1H3,(H2,19,22). The van der Waals surface area contributed by atoms with Crippen LogP contribution >= 0.6 is 0 Å². The average Bonchev–Trinajstić information content (AvgIpc) is 3.11. The van der Waals surface area contributed by atoms with Gasteiger partial charge in [0.1, 0.15) is 0 Å². The van der Waals surface area contributed by atoms with Crippen molar-refractivity contribution in [3.05, 3.63) is 65.7 Å². The van der Waals surface area contributed by atoms with Gasteiger partial charge >= 0.3 is 0 Å². The van der Waals surface area contributed by atoms with E-state index >= 15 is 0 Å². The van der Waals surface area contributed by atoms with Crippen molar-refractivity contribution in [1.82, 2.24) is 0 Å². The van der Waals surface area contributed by atoms with Crippen LogP contribution in [0.25, 0.3) is 0 Å². The van der Waals surface area contributed by atoms with Gasteiger partial charge in [0.25, 0.3) is 5.91 Å². The highest BCUT2D eigenvalue weighted by atomic mass is 16.6. The maximum atomic E-state index is 12.6. The lowest BCUT2D eigenvalue weighted by atomic mass is 10.0. The van der Waals surface area contributed by atoms with Crippen molar-refractivity contribution >= 4 is 23.2 Å². The summed E-state index contributed by atoms with van der Waals surface area (Å²) in [5.41, 5.74) is 7.97. The number of amides is 2. The first-order valence-electron chi connectivity index (χ1n) is 7.52. The number of nitrogens with zero attached hydrogens (tertiary/aromatic N) is 2. The lowest BCUT2D eigenvalue weighted by Crippen LogP contribution is -2.36. The molecule has 1 atom stereocenters. The summed E-state index contributed by atoms with van der Waals surface area (Å²) in [6.45, 7) is 0. The first-order chi connectivity index (χ1) is 11.6. The zero-order valence-electron chi connectivity index (χ0n) is 13.2. The highest BCUT2D eigenvalue weighted by Gasteiger charge is 2.31. The molecular formula is C18H17N3O3. The SMILES string of the molecule is CN(C(=O)C1CC(c2ccccc2)=NO1)c1ccc(C(N)=O)cc1. The number of benzene rings is 2. The summed E-state index contributed by atoms with van der Waals surface area (Å²) in [6, 6.07) is 16.1. The molecule has 0 spiro atoms. The van der Waals surface area contributed by atoms with E-state index in [2.05, 4.69) is 5.16 Å². The van der Waals surface area contributed by atoms with E-state index in [-0.39, 0.29) is 5.91 Å². The molecular weight excluding hydrogens is 306 g/mol. The Morgan fingerprint density at radius 2 is 1.79 bits per heavy atom. The third-order valence-corrected chi connectivity index (χ3v) is 3.92. The van der Waals surface area contributed by atoms with Gasteiger partial charge in [0, 0.05) is 24.7 Å². The fourth-order valence-electron chi connectivity index (χ4n) is 2.50. The second-order valence-electron chi connectivity index (χ2n) is 5.51. The number of carbonyl (C=O) groups is 2. The van der Waals surface area contributed by atoms with Crippen molar-refractivity contribution in [1.29, 1.82) is 0 Å². The van der Waals surface area contributed by atoms with Gasteiger partial charge in [0.15, 0.2) is 0 Å². The molecule has 1 unspecified atom stereocenters. The van der Waals surface area contributed by atoms with Gasteiger partial charge in [0.2, 0.25) is 12.0 Å². The van der Waals surface area contributed by atoms with Gasteiger partial charge in [-0.1, -0.05) is 35.5 Å². The Hall–Kier alpha value is -3.15. The van der Waals surface area contributed by atoms with Crippen LogP contribution < -0.4 is 10.6 Å². The topological polar surface area (TPSA) is 85.0 Å². The molecule has 0 bridgehead atoms. The van der Waals surface area contributed by atoms with Gasteiger partial charge in [-0.2, -0.15) is 0 Å². The number of nitrogens with two attached hydrogens (primary N) is 1. The molecule has 2 aromatic carbocycles. The number of anilines is 1. The minimum absolute atomic E-state index is 0.198. The fraction of sp³-hybridized carbons (Fsp3) is 0.167. The highest BCUT2D eigenvalue weighted by Crippen LogP contribution is 2.21. The molecule has 0 aromatic heterocycles. The molecule has 0 aliphatic carbocycles. The van der Waals surface area contributed by atoms with E-state index in [0.717, 1.165) is 11.3 Å². The third kappa shape index (κ3) is 3.12.